The van der Waals surface area contributed by atoms with Crippen LogP contribution in [0.25, 0.3) is 10.9 Å². The van der Waals surface area contributed by atoms with E-state index in [2.05, 4.69) is 9.97 Å². The minimum Gasteiger partial charge on any atom is -0.351 e. The van der Waals surface area contributed by atoms with Crippen molar-refractivity contribution in [2.75, 3.05) is 32.7 Å². The Balaban J connectivity index is 0.00000225. The normalized spacial score (nSPS) is 14.2. The number of nitrogens with one attached hydrogen (secondary N) is 1. The molecule has 4 rings (SSSR count). The summed E-state index contributed by atoms with van der Waals surface area (Å²) in [5.74, 6) is -0.107. The fourth-order valence-corrected chi connectivity index (χ4v) is 4.07. The number of aromatic nitrogens is 2. The summed E-state index contributed by atoms with van der Waals surface area (Å²) >= 11 is 1.46. The number of H-pyrrole nitrogens is 1. The largest absolute Gasteiger partial charge is 0.351 e. The van der Waals surface area contributed by atoms with Crippen molar-refractivity contribution in [1.82, 2.24) is 19.8 Å². The van der Waals surface area contributed by atoms with Crippen LogP contribution in [0.4, 0.5) is 0 Å². The number of carbonyl (C=O) groups excluding carboxylic acids is 2. The van der Waals surface area contributed by atoms with Crippen LogP contribution in [0.5, 0.6) is 0 Å². The molecule has 0 saturated carbocycles. The SMILES string of the molecule is Cl.NCCc1nc(C(=O)N2CCN(C(=O)c3cc4ccccc4[nH]3)CC2)cs1. The number of thiazole rings is 1. The van der Waals surface area contributed by atoms with Crippen molar-refractivity contribution in [3.8, 4) is 0 Å². The van der Waals surface area contributed by atoms with Gasteiger partial charge in [-0.3, -0.25) is 9.59 Å². The molecule has 1 aliphatic rings. The van der Waals surface area contributed by atoms with Gasteiger partial charge in [0.05, 0.1) is 5.01 Å². The first-order valence-corrected chi connectivity index (χ1v) is 9.84. The summed E-state index contributed by atoms with van der Waals surface area (Å²) < 4.78 is 0. The number of piperazine rings is 1. The number of para-hydroxylation sites is 1. The summed E-state index contributed by atoms with van der Waals surface area (Å²) in [4.78, 5) is 36.5. The van der Waals surface area contributed by atoms with Gasteiger partial charge in [0.1, 0.15) is 11.4 Å². The van der Waals surface area contributed by atoms with Gasteiger partial charge in [-0.25, -0.2) is 4.98 Å². The maximum atomic E-state index is 12.8. The van der Waals surface area contributed by atoms with Gasteiger partial charge in [0.2, 0.25) is 0 Å². The summed E-state index contributed by atoms with van der Waals surface area (Å²) in [6.45, 7) is 2.57. The van der Waals surface area contributed by atoms with Crippen molar-refractivity contribution in [1.29, 1.82) is 0 Å². The zero-order chi connectivity index (χ0) is 18.8. The first-order valence-electron chi connectivity index (χ1n) is 8.96. The average Bonchev–Trinajstić information content (AvgIpc) is 3.34. The fourth-order valence-electron chi connectivity index (χ4n) is 3.28. The van der Waals surface area contributed by atoms with Gasteiger partial charge in [-0.2, -0.15) is 0 Å². The summed E-state index contributed by atoms with van der Waals surface area (Å²) in [6.07, 6.45) is 0.685. The van der Waals surface area contributed by atoms with Gasteiger partial charge in [-0.1, -0.05) is 18.2 Å². The van der Waals surface area contributed by atoms with Crippen LogP contribution in [0.15, 0.2) is 35.7 Å². The van der Waals surface area contributed by atoms with Gasteiger partial charge in [0.15, 0.2) is 0 Å². The maximum Gasteiger partial charge on any atom is 0.273 e. The third-order valence-corrected chi connectivity index (χ3v) is 5.65. The Kier molecular flexibility index (Phi) is 6.33. The minimum absolute atomic E-state index is 0. The van der Waals surface area contributed by atoms with E-state index in [1.807, 2.05) is 30.3 Å². The smallest absolute Gasteiger partial charge is 0.273 e. The van der Waals surface area contributed by atoms with E-state index in [4.69, 9.17) is 5.73 Å². The van der Waals surface area contributed by atoms with Crippen LogP contribution >= 0.6 is 23.7 Å². The van der Waals surface area contributed by atoms with Crippen LogP contribution < -0.4 is 5.73 Å². The van der Waals surface area contributed by atoms with Crippen molar-refractivity contribution in [2.24, 2.45) is 5.73 Å². The summed E-state index contributed by atoms with van der Waals surface area (Å²) in [5.41, 5.74) is 7.54. The predicted molar refractivity (Wildman–Crippen MR) is 112 cm³/mol. The van der Waals surface area contributed by atoms with E-state index in [1.54, 1.807) is 15.2 Å². The molecule has 28 heavy (non-hydrogen) atoms. The zero-order valence-electron chi connectivity index (χ0n) is 15.3. The van der Waals surface area contributed by atoms with Gasteiger partial charge in [-0.15, -0.1) is 23.7 Å². The number of rotatable bonds is 4. The highest BCUT2D eigenvalue weighted by atomic mass is 35.5. The second-order valence-electron chi connectivity index (χ2n) is 6.52. The molecule has 0 unspecified atom stereocenters. The third-order valence-electron chi connectivity index (χ3n) is 4.74. The number of nitrogens with two attached hydrogens (primary N) is 1. The molecule has 1 fully saturated rings. The molecule has 1 aliphatic heterocycles. The Hall–Kier alpha value is -2.42. The van der Waals surface area contributed by atoms with Crippen molar-refractivity contribution in [3.05, 3.63) is 52.1 Å². The molecule has 3 heterocycles. The zero-order valence-corrected chi connectivity index (χ0v) is 16.9. The molecule has 7 nitrogen and oxygen atoms in total. The van der Waals surface area contributed by atoms with Crippen LogP contribution in [0, 0.1) is 0 Å². The molecule has 148 valence electrons. The molecule has 0 radical (unpaired) electrons. The number of carbonyl (C=O) groups is 2. The fraction of sp³-hybridized carbons (Fsp3) is 0.316. The van der Waals surface area contributed by atoms with Gasteiger partial charge in [-0.05, 0) is 18.7 Å². The van der Waals surface area contributed by atoms with E-state index in [1.165, 1.54) is 11.3 Å². The second-order valence-corrected chi connectivity index (χ2v) is 7.46. The maximum absolute atomic E-state index is 12.8. The van der Waals surface area contributed by atoms with E-state index in [0.717, 1.165) is 15.9 Å². The number of benzene rings is 1. The van der Waals surface area contributed by atoms with E-state index in [9.17, 15) is 9.59 Å². The van der Waals surface area contributed by atoms with E-state index < -0.39 is 0 Å². The van der Waals surface area contributed by atoms with Gasteiger partial charge in [0, 0.05) is 48.9 Å². The number of halogens is 1. The van der Waals surface area contributed by atoms with Gasteiger partial charge in [0.25, 0.3) is 11.8 Å². The molecule has 1 saturated heterocycles. The molecule has 0 atom stereocenters. The average molecular weight is 420 g/mol. The minimum atomic E-state index is -0.0766. The van der Waals surface area contributed by atoms with Crippen molar-refractivity contribution < 1.29 is 9.59 Å². The van der Waals surface area contributed by atoms with Crippen molar-refractivity contribution in [2.45, 2.75) is 6.42 Å². The third kappa shape index (κ3) is 4.04. The van der Waals surface area contributed by atoms with Gasteiger partial charge < -0.3 is 20.5 Å². The molecule has 3 aromatic rings. The van der Waals surface area contributed by atoms with Crippen molar-refractivity contribution in [3.63, 3.8) is 0 Å². The lowest BCUT2D eigenvalue weighted by Gasteiger charge is -2.34. The topological polar surface area (TPSA) is 95.3 Å². The molecule has 0 bridgehead atoms. The highest BCUT2D eigenvalue weighted by Gasteiger charge is 2.27. The molecule has 9 heteroatoms. The Labute approximate surface area is 172 Å². The summed E-state index contributed by atoms with van der Waals surface area (Å²) in [6, 6.07) is 9.70. The van der Waals surface area contributed by atoms with E-state index in [-0.39, 0.29) is 24.2 Å². The number of amides is 2. The van der Waals surface area contributed by atoms with E-state index in [0.29, 0.717) is 50.5 Å². The predicted octanol–water partition coefficient (Wildman–Crippen LogP) is 2.15. The Morgan fingerprint density at radius 1 is 1.11 bits per heavy atom. The number of hydrogen-bond donors (Lipinski definition) is 2. The number of hydrogen-bond acceptors (Lipinski definition) is 5. The monoisotopic (exact) mass is 419 g/mol. The number of fused-ring (bicyclic) bond motifs is 1. The lowest BCUT2D eigenvalue weighted by Crippen LogP contribution is -2.50. The molecule has 1 aromatic carbocycles. The molecule has 2 aromatic heterocycles. The molecule has 0 spiro atoms. The van der Waals surface area contributed by atoms with Crippen LogP contribution in [0.3, 0.4) is 0 Å². The Morgan fingerprint density at radius 2 is 1.79 bits per heavy atom. The molecule has 0 aliphatic carbocycles. The summed E-state index contributed by atoms with van der Waals surface area (Å²) in [5, 5.41) is 3.69. The summed E-state index contributed by atoms with van der Waals surface area (Å²) in [7, 11) is 0. The second kappa shape index (κ2) is 8.72. The van der Waals surface area contributed by atoms with Crippen LogP contribution in [-0.2, 0) is 6.42 Å². The molecule has 3 N–H and O–H groups in total. The molecule has 2 amide bonds. The lowest BCUT2D eigenvalue weighted by molar-refractivity contribution is 0.0530. The van der Waals surface area contributed by atoms with Crippen LogP contribution in [0.2, 0.25) is 0 Å². The molecular weight excluding hydrogens is 398 g/mol. The first kappa shape index (κ1) is 20.3. The van der Waals surface area contributed by atoms with E-state index >= 15 is 0 Å². The van der Waals surface area contributed by atoms with Crippen LogP contribution in [0.1, 0.15) is 26.0 Å². The Morgan fingerprint density at radius 3 is 2.46 bits per heavy atom. The Bertz CT molecular complexity index is 945. The number of aromatic amines is 1. The standard InChI is InChI=1S/C19H21N5O2S.ClH/c20-6-5-17-22-16(12-27-17)19(26)24-9-7-23(8-10-24)18(25)15-11-13-3-1-2-4-14(13)21-15;/h1-4,11-12,21H,5-10,20H2;1H. The van der Waals surface area contributed by atoms with Crippen LogP contribution in [-0.4, -0.2) is 64.3 Å². The highest BCUT2D eigenvalue weighted by Crippen LogP contribution is 2.18. The molecular formula is C19H22ClN5O2S. The number of nitrogens with zero attached hydrogens (tertiary/aromatic N) is 3. The highest BCUT2D eigenvalue weighted by molar-refractivity contribution is 7.09. The first-order chi connectivity index (χ1) is 13.2. The van der Waals surface area contributed by atoms with Crippen molar-refractivity contribution >= 4 is 46.5 Å². The quantitative estimate of drug-likeness (QED) is 0.677. The lowest BCUT2D eigenvalue weighted by atomic mass is 10.2. The van der Waals surface area contributed by atoms with Gasteiger partial charge >= 0.3 is 0 Å².